The Labute approximate surface area is 204 Å². The van der Waals surface area contributed by atoms with Crippen LogP contribution in [0.5, 0.6) is 11.5 Å². The number of carbonyl (C=O) groups is 2. The molecule has 2 aliphatic heterocycles. The standard InChI is InChI=1S/C26H17N3O7/c1-15-20(11-19-7-9-22(36-19)17-3-5-18(6-4-17)29(32)33)25(30)28(26(31)21(15)12-27)13-16-2-8-23-24(10-16)35-14-34-23/h2-11H,13-14H2,1H3/b20-11+. The van der Waals surface area contributed by atoms with Gasteiger partial charge in [0.1, 0.15) is 23.2 Å². The van der Waals surface area contributed by atoms with Crippen LogP contribution >= 0.6 is 0 Å². The van der Waals surface area contributed by atoms with Gasteiger partial charge in [-0.1, -0.05) is 6.07 Å². The van der Waals surface area contributed by atoms with E-state index >= 15 is 0 Å². The summed E-state index contributed by atoms with van der Waals surface area (Å²) in [5.41, 5.74) is 1.47. The van der Waals surface area contributed by atoms with Crippen LogP contribution in [0.4, 0.5) is 5.69 Å². The number of rotatable bonds is 5. The molecule has 2 amide bonds. The number of imide groups is 1. The Morgan fingerprint density at radius 2 is 1.81 bits per heavy atom. The fourth-order valence-corrected chi connectivity index (χ4v) is 3.97. The lowest BCUT2D eigenvalue weighted by atomic mass is 9.94. The SMILES string of the molecule is CC1=C(C#N)C(=O)N(Cc2ccc3c(c2)OCO3)C(=O)/C1=C/c1ccc(-c2ccc([N+](=O)[O-])cc2)o1. The number of benzene rings is 2. The summed E-state index contributed by atoms with van der Waals surface area (Å²) >= 11 is 0. The number of carbonyl (C=O) groups excluding carboxylic acids is 2. The molecule has 2 aromatic carbocycles. The van der Waals surface area contributed by atoms with Crippen molar-refractivity contribution in [1.29, 1.82) is 5.26 Å². The molecule has 2 aliphatic rings. The molecule has 10 heteroatoms. The predicted molar refractivity (Wildman–Crippen MR) is 125 cm³/mol. The van der Waals surface area contributed by atoms with Gasteiger partial charge < -0.3 is 13.9 Å². The molecule has 0 radical (unpaired) electrons. The number of nitro benzene ring substituents is 1. The van der Waals surface area contributed by atoms with Crippen LogP contribution in [0.1, 0.15) is 18.2 Å². The number of nitriles is 1. The number of nitro groups is 1. The minimum atomic E-state index is -0.680. The Bertz CT molecular complexity index is 1520. The van der Waals surface area contributed by atoms with Crippen LogP contribution in [0.25, 0.3) is 17.4 Å². The normalized spacial score (nSPS) is 16.0. The average Bonchev–Trinajstić information content (AvgIpc) is 3.54. The van der Waals surface area contributed by atoms with Gasteiger partial charge in [0.15, 0.2) is 11.5 Å². The van der Waals surface area contributed by atoms with Crippen LogP contribution in [-0.2, 0) is 16.1 Å². The molecule has 3 heterocycles. The molecule has 0 atom stereocenters. The van der Waals surface area contributed by atoms with E-state index in [4.69, 9.17) is 13.9 Å². The zero-order valence-corrected chi connectivity index (χ0v) is 18.9. The van der Waals surface area contributed by atoms with Gasteiger partial charge in [0.25, 0.3) is 17.5 Å². The van der Waals surface area contributed by atoms with Crippen molar-refractivity contribution in [3.8, 4) is 28.9 Å². The lowest BCUT2D eigenvalue weighted by Gasteiger charge is -2.27. The first-order chi connectivity index (χ1) is 17.4. The number of ether oxygens (including phenoxy) is 2. The van der Waals surface area contributed by atoms with E-state index in [0.29, 0.717) is 34.1 Å². The largest absolute Gasteiger partial charge is 0.457 e. The molecule has 0 unspecified atom stereocenters. The van der Waals surface area contributed by atoms with Gasteiger partial charge >= 0.3 is 0 Å². The van der Waals surface area contributed by atoms with Crippen molar-refractivity contribution in [2.45, 2.75) is 13.5 Å². The van der Waals surface area contributed by atoms with Gasteiger partial charge in [-0.2, -0.15) is 5.26 Å². The molecule has 0 aliphatic carbocycles. The average molecular weight is 483 g/mol. The van der Waals surface area contributed by atoms with Gasteiger partial charge in [-0.05, 0) is 60.5 Å². The van der Waals surface area contributed by atoms with Gasteiger partial charge in [0, 0.05) is 23.3 Å². The van der Waals surface area contributed by atoms with E-state index in [1.54, 1.807) is 42.5 Å². The summed E-state index contributed by atoms with van der Waals surface area (Å²) in [6.07, 6.45) is 1.48. The highest BCUT2D eigenvalue weighted by Gasteiger charge is 2.36. The Morgan fingerprint density at radius 3 is 2.53 bits per heavy atom. The quantitative estimate of drug-likeness (QED) is 0.226. The van der Waals surface area contributed by atoms with E-state index in [1.165, 1.54) is 25.1 Å². The number of furan rings is 1. The Balaban J connectivity index is 1.46. The van der Waals surface area contributed by atoms with E-state index in [1.807, 2.05) is 6.07 Å². The summed E-state index contributed by atoms with van der Waals surface area (Å²) in [5, 5.41) is 20.5. The third-order valence-electron chi connectivity index (χ3n) is 5.88. The van der Waals surface area contributed by atoms with Crippen LogP contribution in [0.2, 0.25) is 0 Å². The van der Waals surface area contributed by atoms with Crippen LogP contribution < -0.4 is 9.47 Å². The highest BCUT2D eigenvalue weighted by atomic mass is 16.7. The molecule has 10 nitrogen and oxygen atoms in total. The second-order valence-corrected chi connectivity index (χ2v) is 8.06. The highest BCUT2D eigenvalue weighted by Crippen LogP contribution is 2.34. The van der Waals surface area contributed by atoms with Gasteiger partial charge in [-0.25, -0.2) is 0 Å². The fraction of sp³-hybridized carbons (Fsp3) is 0.115. The molecular weight excluding hydrogens is 466 g/mol. The number of fused-ring (bicyclic) bond motifs is 1. The molecule has 3 aromatic rings. The van der Waals surface area contributed by atoms with Crippen LogP contribution in [-0.4, -0.2) is 28.4 Å². The molecule has 178 valence electrons. The molecule has 0 saturated carbocycles. The summed E-state index contributed by atoms with van der Waals surface area (Å²) < 4.78 is 16.5. The monoisotopic (exact) mass is 483 g/mol. The third-order valence-corrected chi connectivity index (χ3v) is 5.88. The predicted octanol–water partition coefficient (Wildman–Crippen LogP) is 4.38. The number of hydrogen-bond acceptors (Lipinski definition) is 8. The van der Waals surface area contributed by atoms with E-state index in [2.05, 4.69) is 0 Å². The van der Waals surface area contributed by atoms with Crippen molar-refractivity contribution in [3.63, 3.8) is 0 Å². The number of nitrogens with zero attached hydrogens (tertiary/aromatic N) is 3. The smallest absolute Gasteiger partial charge is 0.271 e. The molecule has 0 spiro atoms. The topological polar surface area (TPSA) is 136 Å². The number of hydrogen-bond donors (Lipinski definition) is 0. The van der Waals surface area contributed by atoms with Gasteiger partial charge in [0.05, 0.1) is 11.5 Å². The summed E-state index contributed by atoms with van der Waals surface area (Å²) in [6, 6.07) is 16.2. The van der Waals surface area contributed by atoms with Gasteiger partial charge in [-0.3, -0.25) is 24.6 Å². The lowest BCUT2D eigenvalue weighted by Crippen LogP contribution is -2.42. The van der Waals surface area contributed by atoms with Crippen molar-refractivity contribution in [3.05, 3.63) is 92.8 Å². The van der Waals surface area contributed by atoms with E-state index in [0.717, 1.165) is 4.90 Å². The molecule has 0 saturated heterocycles. The number of non-ortho nitro benzene ring substituents is 1. The number of amides is 2. The summed E-state index contributed by atoms with van der Waals surface area (Å²) in [7, 11) is 0. The van der Waals surface area contributed by atoms with E-state index in [-0.39, 0.29) is 35.7 Å². The van der Waals surface area contributed by atoms with Crippen molar-refractivity contribution < 1.29 is 28.4 Å². The lowest BCUT2D eigenvalue weighted by molar-refractivity contribution is -0.384. The molecular formula is C26H17N3O7. The maximum atomic E-state index is 13.4. The first-order valence-corrected chi connectivity index (χ1v) is 10.8. The van der Waals surface area contributed by atoms with E-state index in [9.17, 15) is 25.0 Å². The van der Waals surface area contributed by atoms with E-state index < -0.39 is 16.7 Å². The summed E-state index contributed by atoms with van der Waals surface area (Å²) in [5.74, 6) is 0.604. The van der Waals surface area contributed by atoms with Gasteiger partial charge in [0.2, 0.25) is 6.79 Å². The van der Waals surface area contributed by atoms with Crippen molar-refractivity contribution in [1.82, 2.24) is 4.90 Å². The second kappa shape index (κ2) is 8.88. The third kappa shape index (κ3) is 3.99. The molecule has 0 N–H and O–H groups in total. The zero-order chi connectivity index (χ0) is 25.4. The van der Waals surface area contributed by atoms with Gasteiger partial charge in [-0.15, -0.1) is 0 Å². The first kappa shape index (κ1) is 22.6. The molecule has 0 bridgehead atoms. The maximum Gasteiger partial charge on any atom is 0.271 e. The van der Waals surface area contributed by atoms with Crippen molar-refractivity contribution >= 4 is 23.6 Å². The first-order valence-electron chi connectivity index (χ1n) is 10.8. The summed E-state index contributed by atoms with van der Waals surface area (Å²) in [6.45, 7) is 1.58. The van der Waals surface area contributed by atoms with Crippen LogP contribution in [0.15, 0.2) is 75.7 Å². The minimum Gasteiger partial charge on any atom is -0.457 e. The molecule has 36 heavy (non-hydrogen) atoms. The zero-order valence-electron chi connectivity index (χ0n) is 18.9. The Kier molecular flexibility index (Phi) is 5.58. The second-order valence-electron chi connectivity index (χ2n) is 8.06. The molecule has 5 rings (SSSR count). The summed E-state index contributed by atoms with van der Waals surface area (Å²) in [4.78, 5) is 37.7. The fourth-order valence-electron chi connectivity index (χ4n) is 3.97. The Morgan fingerprint density at radius 1 is 1.06 bits per heavy atom. The van der Waals surface area contributed by atoms with Crippen LogP contribution in [0.3, 0.4) is 0 Å². The van der Waals surface area contributed by atoms with Crippen molar-refractivity contribution in [2.24, 2.45) is 0 Å². The molecule has 1 aromatic heterocycles. The molecule has 0 fully saturated rings. The minimum absolute atomic E-state index is 0.0440. The van der Waals surface area contributed by atoms with Crippen molar-refractivity contribution in [2.75, 3.05) is 6.79 Å². The Hall–Kier alpha value is -5.17. The highest BCUT2D eigenvalue weighted by molar-refractivity contribution is 6.19. The van der Waals surface area contributed by atoms with Crippen LogP contribution in [0, 0.1) is 21.4 Å². The maximum absolute atomic E-state index is 13.4.